The number of carbonyl (C=O) groups is 1. The number of unbranched alkanes of at least 4 members (excludes halogenated alkanes) is 5. The van der Waals surface area contributed by atoms with Crippen LogP contribution >= 0.6 is 0 Å². The number of carbonyl (C=O) groups excluding carboxylic acids is 1. The molecule has 25 heavy (non-hydrogen) atoms. The third-order valence-electron chi connectivity index (χ3n) is 5.06. The van der Waals surface area contributed by atoms with Gasteiger partial charge in [0.2, 0.25) is 5.91 Å². The highest BCUT2D eigenvalue weighted by atomic mass is 28.4. The highest BCUT2D eigenvalue weighted by Gasteiger charge is 2.28. The first-order valence-corrected chi connectivity index (χ1v) is 12.4. The lowest BCUT2D eigenvalue weighted by Crippen LogP contribution is -2.37. The Labute approximate surface area is 156 Å². The van der Waals surface area contributed by atoms with Gasteiger partial charge in [-0.05, 0) is 38.3 Å². The van der Waals surface area contributed by atoms with Crippen molar-refractivity contribution in [3.8, 4) is 0 Å². The first kappa shape index (κ1) is 24.6. The van der Waals surface area contributed by atoms with E-state index in [9.17, 15) is 9.90 Å². The maximum absolute atomic E-state index is 12.1. The van der Waals surface area contributed by atoms with Gasteiger partial charge in [-0.15, -0.1) is 0 Å². The van der Waals surface area contributed by atoms with E-state index in [2.05, 4.69) is 6.55 Å². The first-order valence-electron chi connectivity index (χ1n) is 9.90. The molecule has 0 spiro atoms. The molecule has 0 aromatic heterocycles. The molecule has 0 saturated carbocycles. The number of hydrogen-bond donors (Lipinski definition) is 1. The van der Waals surface area contributed by atoms with Crippen LogP contribution in [0.15, 0.2) is 0 Å². The Hall–Kier alpha value is -0.433. The van der Waals surface area contributed by atoms with Crippen molar-refractivity contribution in [3.05, 3.63) is 0 Å². The largest absolute Gasteiger partial charge is 0.398 e. The fraction of sp³-hybridized carbons (Fsp3) is 0.947. The van der Waals surface area contributed by atoms with Gasteiger partial charge < -0.3 is 18.9 Å². The van der Waals surface area contributed by atoms with Gasteiger partial charge >= 0.3 is 8.56 Å². The van der Waals surface area contributed by atoms with Gasteiger partial charge in [-0.25, -0.2) is 0 Å². The maximum atomic E-state index is 12.1. The fourth-order valence-corrected chi connectivity index (χ4v) is 4.18. The summed E-state index contributed by atoms with van der Waals surface area (Å²) in [6.45, 7) is 4.85. The molecule has 0 aliphatic carbocycles. The predicted molar refractivity (Wildman–Crippen MR) is 106 cm³/mol. The Bertz CT molecular complexity index is 337. The normalized spacial score (nSPS) is 13.0. The van der Waals surface area contributed by atoms with Crippen LogP contribution in [-0.4, -0.2) is 58.4 Å². The van der Waals surface area contributed by atoms with Gasteiger partial charge in [-0.3, -0.25) is 4.79 Å². The van der Waals surface area contributed by atoms with Crippen LogP contribution in [0.4, 0.5) is 0 Å². The quantitative estimate of drug-likeness (QED) is 0.326. The molecule has 1 amide bonds. The Morgan fingerprint density at radius 1 is 1.04 bits per heavy atom. The van der Waals surface area contributed by atoms with Crippen LogP contribution in [-0.2, 0) is 13.6 Å². The number of amides is 1. The molecule has 1 unspecified atom stereocenters. The standard InChI is InChI=1S/C19H41NO4Si/c1-6-18(21)14-11-9-7-8-10-12-15-19(22)20(2)16-13-17-25(5,23-3)24-4/h18,21H,6-17H2,1-5H3. The summed E-state index contributed by atoms with van der Waals surface area (Å²) in [5, 5.41) is 9.49. The molecule has 0 aromatic carbocycles. The van der Waals surface area contributed by atoms with E-state index >= 15 is 0 Å². The van der Waals surface area contributed by atoms with Crippen molar-refractivity contribution in [2.24, 2.45) is 0 Å². The molecule has 0 rings (SSSR count). The van der Waals surface area contributed by atoms with Crippen LogP contribution in [0.2, 0.25) is 12.6 Å². The second kappa shape index (κ2) is 14.7. The second-order valence-corrected chi connectivity index (χ2v) is 10.8. The maximum Gasteiger partial charge on any atom is 0.334 e. The summed E-state index contributed by atoms with van der Waals surface area (Å²) in [6.07, 6.45) is 10.0. The number of nitrogens with zero attached hydrogens (tertiary/aromatic N) is 1. The Kier molecular flexibility index (Phi) is 14.5. The molecule has 0 heterocycles. The van der Waals surface area contributed by atoms with Crippen molar-refractivity contribution in [2.45, 2.75) is 89.8 Å². The van der Waals surface area contributed by atoms with Gasteiger partial charge in [0.15, 0.2) is 0 Å². The molecule has 1 N–H and O–H groups in total. The van der Waals surface area contributed by atoms with Gasteiger partial charge in [0.25, 0.3) is 0 Å². The molecule has 0 aliphatic heterocycles. The van der Waals surface area contributed by atoms with E-state index in [1.165, 1.54) is 19.3 Å². The number of hydrogen-bond acceptors (Lipinski definition) is 4. The van der Waals surface area contributed by atoms with E-state index in [1.807, 2.05) is 18.9 Å². The lowest BCUT2D eigenvalue weighted by Gasteiger charge is -2.24. The summed E-state index contributed by atoms with van der Waals surface area (Å²) >= 11 is 0. The van der Waals surface area contributed by atoms with E-state index in [1.54, 1.807) is 14.2 Å². The summed E-state index contributed by atoms with van der Waals surface area (Å²) in [6, 6.07) is 0.907. The van der Waals surface area contributed by atoms with Crippen LogP contribution in [0.25, 0.3) is 0 Å². The molecule has 5 nitrogen and oxygen atoms in total. The first-order chi connectivity index (χ1) is 11.9. The highest BCUT2D eigenvalue weighted by molar-refractivity contribution is 6.65. The Morgan fingerprint density at radius 3 is 2.16 bits per heavy atom. The predicted octanol–water partition coefficient (Wildman–Crippen LogP) is 4.09. The van der Waals surface area contributed by atoms with Gasteiger partial charge in [-0.1, -0.05) is 39.0 Å². The smallest absolute Gasteiger partial charge is 0.334 e. The number of aliphatic hydroxyl groups is 1. The van der Waals surface area contributed by atoms with Gasteiger partial charge in [0.1, 0.15) is 0 Å². The minimum atomic E-state index is -2.01. The Morgan fingerprint density at radius 2 is 1.60 bits per heavy atom. The SMILES string of the molecule is CCC(O)CCCCCCCCC(=O)N(C)CCC[Si](C)(OC)OC. The summed E-state index contributed by atoms with van der Waals surface area (Å²) in [5.74, 6) is 0.240. The van der Waals surface area contributed by atoms with Crippen molar-refractivity contribution >= 4 is 14.5 Å². The van der Waals surface area contributed by atoms with Crippen molar-refractivity contribution in [3.63, 3.8) is 0 Å². The van der Waals surface area contributed by atoms with Crippen molar-refractivity contribution < 1.29 is 18.8 Å². The lowest BCUT2D eigenvalue weighted by molar-refractivity contribution is -0.130. The summed E-state index contributed by atoms with van der Waals surface area (Å²) in [5.41, 5.74) is 0. The van der Waals surface area contributed by atoms with Crippen LogP contribution < -0.4 is 0 Å². The zero-order valence-electron chi connectivity index (χ0n) is 17.2. The number of aliphatic hydroxyl groups excluding tert-OH is 1. The molecule has 0 fully saturated rings. The van der Waals surface area contributed by atoms with Crippen LogP contribution in [0, 0.1) is 0 Å². The van der Waals surface area contributed by atoms with E-state index in [0.717, 1.165) is 51.1 Å². The minimum Gasteiger partial charge on any atom is -0.398 e. The van der Waals surface area contributed by atoms with Gasteiger partial charge in [0.05, 0.1) is 6.10 Å². The molecular weight excluding hydrogens is 334 g/mol. The van der Waals surface area contributed by atoms with E-state index < -0.39 is 8.56 Å². The second-order valence-electron chi connectivity index (χ2n) is 7.18. The van der Waals surface area contributed by atoms with Crippen molar-refractivity contribution in [1.29, 1.82) is 0 Å². The average Bonchev–Trinajstić information content (AvgIpc) is 2.62. The average molecular weight is 376 g/mol. The lowest BCUT2D eigenvalue weighted by atomic mass is 10.1. The highest BCUT2D eigenvalue weighted by Crippen LogP contribution is 2.15. The van der Waals surface area contributed by atoms with Gasteiger partial charge in [-0.2, -0.15) is 0 Å². The monoisotopic (exact) mass is 375 g/mol. The third-order valence-corrected chi connectivity index (χ3v) is 8.05. The van der Waals surface area contributed by atoms with Crippen LogP contribution in [0.3, 0.4) is 0 Å². The number of rotatable bonds is 16. The molecule has 0 radical (unpaired) electrons. The van der Waals surface area contributed by atoms with Crippen molar-refractivity contribution in [2.75, 3.05) is 27.8 Å². The van der Waals surface area contributed by atoms with Gasteiger partial charge in [0, 0.05) is 34.2 Å². The molecule has 6 heteroatoms. The Balaban J connectivity index is 3.62. The molecule has 0 bridgehead atoms. The molecule has 0 aliphatic rings. The molecule has 150 valence electrons. The van der Waals surface area contributed by atoms with E-state index in [-0.39, 0.29) is 12.0 Å². The fourth-order valence-electron chi connectivity index (χ4n) is 2.81. The molecule has 0 saturated heterocycles. The summed E-state index contributed by atoms with van der Waals surface area (Å²) in [4.78, 5) is 14.0. The third kappa shape index (κ3) is 12.5. The molecule has 1 atom stereocenters. The van der Waals surface area contributed by atoms with E-state index in [0.29, 0.717) is 6.42 Å². The minimum absolute atomic E-state index is 0.124. The zero-order valence-corrected chi connectivity index (χ0v) is 18.2. The summed E-state index contributed by atoms with van der Waals surface area (Å²) in [7, 11) is 3.29. The van der Waals surface area contributed by atoms with Crippen molar-refractivity contribution in [1.82, 2.24) is 4.90 Å². The van der Waals surface area contributed by atoms with Crippen LogP contribution in [0.1, 0.15) is 71.1 Å². The summed E-state index contributed by atoms with van der Waals surface area (Å²) < 4.78 is 10.9. The van der Waals surface area contributed by atoms with Crippen LogP contribution in [0.5, 0.6) is 0 Å². The molecular formula is C19H41NO4Si. The van der Waals surface area contributed by atoms with E-state index in [4.69, 9.17) is 8.85 Å². The zero-order chi connectivity index (χ0) is 19.1. The molecule has 0 aromatic rings. The topological polar surface area (TPSA) is 59.0 Å².